The number of aromatic amines is 1. The lowest BCUT2D eigenvalue weighted by Crippen LogP contribution is -2.54. The van der Waals surface area contributed by atoms with Crippen LogP contribution in [0.3, 0.4) is 0 Å². The number of hydrogen-bond donors (Lipinski definition) is 3. The molecule has 5 aromatic rings. The molecule has 2 aromatic heterocycles. The second-order valence-corrected chi connectivity index (χ2v) is 20.2. The number of nitrogens with zero attached hydrogens (tertiary/aromatic N) is 4. The minimum atomic E-state index is -4.77. The van der Waals surface area contributed by atoms with Crippen molar-refractivity contribution >= 4 is 44.0 Å². The van der Waals surface area contributed by atoms with Gasteiger partial charge in [0, 0.05) is 74.3 Å². The number of pyridine rings is 1. The van der Waals surface area contributed by atoms with Crippen molar-refractivity contribution in [3.63, 3.8) is 0 Å². The van der Waals surface area contributed by atoms with Gasteiger partial charge in [-0.1, -0.05) is 38.1 Å². The number of nitro benzene ring substituents is 1. The summed E-state index contributed by atoms with van der Waals surface area (Å²) in [6.45, 7) is 8.58. The minimum Gasteiger partial charge on any atom is -0.455 e. The van der Waals surface area contributed by atoms with Crippen LogP contribution in [-0.4, -0.2) is 86.3 Å². The van der Waals surface area contributed by atoms with Gasteiger partial charge in [-0.25, -0.2) is 18.1 Å². The van der Waals surface area contributed by atoms with Crippen molar-refractivity contribution in [1.82, 2.24) is 19.6 Å². The van der Waals surface area contributed by atoms with Gasteiger partial charge in [0.15, 0.2) is 17.2 Å². The number of nitro groups is 1. The number of hydrogen-bond acceptors (Lipinski definition) is 13. The Hall–Kier alpha value is -5.91. The fraction of sp³-hybridized carbons (Fsp3) is 0.458. The summed E-state index contributed by atoms with van der Waals surface area (Å²) < 4.78 is 53.4. The van der Waals surface area contributed by atoms with Gasteiger partial charge in [-0.15, -0.1) is 0 Å². The molecule has 17 heteroatoms. The molecule has 3 saturated heterocycles. The second-order valence-electron chi connectivity index (χ2n) is 18.6. The number of amides is 1. The van der Waals surface area contributed by atoms with E-state index in [1.807, 2.05) is 12.1 Å². The van der Waals surface area contributed by atoms with Crippen molar-refractivity contribution in [1.29, 1.82) is 0 Å². The summed E-state index contributed by atoms with van der Waals surface area (Å²) in [7, 11) is -4.77. The predicted octanol–water partition coefficient (Wildman–Crippen LogP) is 8.66. The van der Waals surface area contributed by atoms with Crippen LogP contribution in [0.1, 0.15) is 98.7 Å². The highest BCUT2D eigenvalue weighted by atomic mass is 32.2. The number of piperidine rings is 1. The number of rotatable bonds is 13. The molecule has 342 valence electrons. The molecule has 1 atom stereocenters. The normalized spacial score (nSPS) is 20.0. The van der Waals surface area contributed by atoms with Crippen LogP contribution in [0.2, 0.25) is 0 Å². The van der Waals surface area contributed by atoms with E-state index in [4.69, 9.17) is 18.9 Å². The van der Waals surface area contributed by atoms with Gasteiger partial charge in [0.2, 0.25) is 6.79 Å². The maximum absolute atomic E-state index is 14.2. The average molecular weight is 906 g/mol. The molecule has 10 rings (SSSR count). The summed E-state index contributed by atoms with van der Waals surface area (Å²) in [5.41, 5.74) is 4.18. The SMILES string of the molecule is CC(C)c1ccccc1[C@@H]1CCCN1C1CC2(CCN(c3ccc(C(=O)NS(=O)(=O)c4cc([N+](=O)[O-])c(NCC5CCOCC5)c5c4OCO5)c(Oc4cnc5[nH]ccc5c4)c3)CC2)C1. The number of likely N-dealkylation sites (tertiary alicyclic amines) is 1. The Bertz CT molecular complexity index is 2720. The highest BCUT2D eigenvalue weighted by molar-refractivity contribution is 7.90. The first-order valence-corrected chi connectivity index (χ1v) is 24.3. The van der Waals surface area contributed by atoms with E-state index in [1.165, 1.54) is 43.0 Å². The summed E-state index contributed by atoms with van der Waals surface area (Å²) in [5, 5.41) is 16.3. The van der Waals surface area contributed by atoms with Crippen LogP contribution in [0.25, 0.3) is 11.0 Å². The Labute approximate surface area is 378 Å². The van der Waals surface area contributed by atoms with Crippen molar-refractivity contribution < 1.29 is 37.1 Å². The van der Waals surface area contributed by atoms with Crippen molar-refractivity contribution in [2.75, 3.05) is 56.4 Å². The third-order valence-corrected chi connectivity index (χ3v) is 15.6. The molecule has 3 N–H and O–H groups in total. The fourth-order valence-corrected chi connectivity index (χ4v) is 11.9. The van der Waals surface area contributed by atoms with Crippen LogP contribution in [0.4, 0.5) is 17.1 Å². The lowest BCUT2D eigenvalue weighted by molar-refractivity contribution is -0.384. The first kappa shape index (κ1) is 43.0. The number of benzene rings is 3. The molecule has 16 nitrogen and oxygen atoms in total. The van der Waals surface area contributed by atoms with E-state index in [0.29, 0.717) is 54.6 Å². The molecule has 1 amide bonds. The minimum absolute atomic E-state index is 0.0165. The molecular weight excluding hydrogens is 851 g/mol. The van der Waals surface area contributed by atoms with Crippen LogP contribution < -0.4 is 29.1 Å². The third kappa shape index (κ3) is 8.45. The number of ether oxygens (including phenoxy) is 4. The molecule has 0 unspecified atom stereocenters. The van der Waals surface area contributed by atoms with Gasteiger partial charge in [0.25, 0.3) is 21.6 Å². The molecule has 65 heavy (non-hydrogen) atoms. The number of carbonyl (C=O) groups is 1. The maximum atomic E-state index is 14.2. The number of aromatic nitrogens is 2. The Balaban J connectivity index is 0.873. The summed E-state index contributed by atoms with van der Waals surface area (Å²) in [6, 6.07) is 19.7. The molecule has 1 saturated carbocycles. The zero-order chi connectivity index (χ0) is 44.9. The summed E-state index contributed by atoms with van der Waals surface area (Å²) >= 11 is 0. The number of carbonyl (C=O) groups excluding carboxylic acids is 1. The molecule has 1 aliphatic carbocycles. The monoisotopic (exact) mass is 905 g/mol. The van der Waals surface area contributed by atoms with Gasteiger partial charge in [0.05, 0.1) is 16.7 Å². The van der Waals surface area contributed by atoms with E-state index in [-0.39, 0.29) is 41.2 Å². The smallest absolute Gasteiger partial charge is 0.297 e. The van der Waals surface area contributed by atoms with Gasteiger partial charge in [-0.3, -0.25) is 19.8 Å². The summed E-state index contributed by atoms with van der Waals surface area (Å²) in [5.74, 6) is -0.156. The maximum Gasteiger partial charge on any atom is 0.297 e. The number of fused-ring (bicyclic) bond motifs is 2. The topological polar surface area (TPSA) is 190 Å². The first-order valence-electron chi connectivity index (χ1n) is 22.8. The zero-order valence-electron chi connectivity index (χ0n) is 36.7. The lowest BCUT2D eigenvalue weighted by atomic mass is 9.59. The fourth-order valence-electron chi connectivity index (χ4n) is 10.8. The number of anilines is 2. The van der Waals surface area contributed by atoms with Crippen LogP contribution >= 0.6 is 0 Å². The van der Waals surface area contributed by atoms with E-state index < -0.39 is 31.4 Å². The summed E-state index contributed by atoms with van der Waals surface area (Å²) in [6.07, 6.45) is 11.7. The van der Waals surface area contributed by atoms with E-state index in [0.717, 1.165) is 62.5 Å². The molecule has 3 aromatic carbocycles. The number of sulfonamides is 1. The lowest BCUT2D eigenvalue weighted by Gasteiger charge is -2.56. The summed E-state index contributed by atoms with van der Waals surface area (Å²) in [4.78, 5) is 37.9. The van der Waals surface area contributed by atoms with Gasteiger partial charge in [-0.2, -0.15) is 0 Å². The van der Waals surface area contributed by atoms with E-state index in [1.54, 1.807) is 24.4 Å². The van der Waals surface area contributed by atoms with E-state index >= 15 is 0 Å². The Morgan fingerprint density at radius 1 is 1.02 bits per heavy atom. The molecular formula is C48H55N7O9S. The van der Waals surface area contributed by atoms with Gasteiger partial charge >= 0.3 is 0 Å². The Morgan fingerprint density at radius 3 is 2.58 bits per heavy atom. The zero-order valence-corrected chi connectivity index (χ0v) is 37.5. The molecule has 0 bridgehead atoms. The van der Waals surface area contributed by atoms with E-state index in [9.17, 15) is 23.3 Å². The molecule has 5 aliphatic rings. The molecule has 1 spiro atoms. The second kappa shape index (κ2) is 17.5. The largest absolute Gasteiger partial charge is 0.455 e. The predicted molar refractivity (Wildman–Crippen MR) is 245 cm³/mol. The van der Waals surface area contributed by atoms with Crippen LogP contribution in [0.15, 0.2) is 78.0 Å². The van der Waals surface area contributed by atoms with Crippen LogP contribution in [-0.2, 0) is 14.8 Å². The highest BCUT2D eigenvalue weighted by Gasteiger charge is 2.50. The molecule has 4 fully saturated rings. The number of nitrogens with one attached hydrogen (secondary N) is 3. The highest BCUT2D eigenvalue weighted by Crippen LogP contribution is 2.55. The van der Waals surface area contributed by atoms with Crippen molar-refractivity contribution in [3.8, 4) is 23.0 Å². The Morgan fingerprint density at radius 2 is 1.80 bits per heavy atom. The van der Waals surface area contributed by atoms with Crippen LogP contribution in [0, 0.1) is 21.4 Å². The van der Waals surface area contributed by atoms with Crippen molar-refractivity contribution in [3.05, 3.63) is 99.9 Å². The van der Waals surface area contributed by atoms with E-state index in [2.05, 4.69) is 67.9 Å². The van der Waals surface area contributed by atoms with Gasteiger partial charge in [0.1, 0.15) is 22.0 Å². The number of H-pyrrole nitrogens is 1. The van der Waals surface area contributed by atoms with Crippen molar-refractivity contribution in [2.45, 2.75) is 88.1 Å². The Kier molecular flexibility index (Phi) is 11.6. The first-order chi connectivity index (χ1) is 31.4. The third-order valence-electron chi connectivity index (χ3n) is 14.3. The standard InChI is InChI=1S/C48H55N7O9S/c1-30(2)36-6-3-4-7-37(36)39-8-5-17-54(39)34-25-48(26-34)14-18-53(19-15-48)33-9-10-38(41(23-33)64-35-22-32-11-16-49-46(32)51-28-35)47(56)52-65(59,60)42-24-40(55(57)58)43(45-44(42)62-29-63-45)50-27-31-12-20-61-21-13-31/h3-4,6-7,9-11,16,22-24,28,30-31,34,39,50H,5,8,12-15,17-21,25-27,29H2,1-2H3,(H,49,51)(H,52,56)/t39-/m0/s1. The molecule has 4 aliphatic heterocycles. The van der Waals surface area contributed by atoms with Crippen molar-refractivity contribution in [2.24, 2.45) is 11.3 Å². The molecule has 6 heterocycles. The molecule has 0 radical (unpaired) electrons. The quantitative estimate of drug-likeness (QED) is 0.0752. The average Bonchev–Trinajstić information content (AvgIpc) is 4.09. The van der Waals surface area contributed by atoms with Gasteiger partial charge in [-0.05, 0) is 111 Å². The van der Waals surface area contributed by atoms with Crippen LogP contribution in [0.5, 0.6) is 23.0 Å². The van der Waals surface area contributed by atoms with Gasteiger partial charge < -0.3 is 34.1 Å².